The highest BCUT2D eigenvalue weighted by atomic mass is 16.5. The van der Waals surface area contributed by atoms with E-state index in [1.165, 1.54) is 14.2 Å². The van der Waals surface area contributed by atoms with Crippen LogP contribution in [0.5, 0.6) is 5.75 Å². The van der Waals surface area contributed by atoms with Crippen LogP contribution in [-0.4, -0.2) is 120 Å². The zero-order valence-electron chi connectivity index (χ0n) is 37.5. The molecule has 4 amide bonds. The van der Waals surface area contributed by atoms with Crippen LogP contribution in [0.4, 0.5) is 9.59 Å². The maximum absolute atomic E-state index is 13.8. The molecule has 5 aliphatic heterocycles. The van der Waals surface area contributed by atoms with Crippen LogP contribution in [0.25, 0.3) is 22.2 Å². The second-order valence-corrected chi connectivity index (χ2v) is 17.9. The normalized spacial score (nSPS) is 22.9. The molecule has 2 unspecified atom stereocenters. The second kappa shape index (κ2) is 18.0. The Morgan fingerprint density at radius 3 is 2.17 bits per heavy atom. The van der Waals surface area contributed by atoms with Crippen LogP contribution in [0.3, 0.4) is 0 Å². The zero-order valence-corrected chi connectivity index (χ0v) is 37.5. The van der Waals surface area contributed by atoms with Gasteiger partial charge in [0.25, 0.3) is 0 Å². The number of amides is 4. The first-order valence-electron chi connectivity index (χ1n) is 22.5. The SMILES string of the molecule is COC(=O)N[C@H](C(=O)N1CCC[C@H]1C1=NC(c2ccc3c(c2)O[C@@H](c2ccccc2)n2c-3cc3cc(C4=NC([C@@H]5CCCN5C(=O)[C@@H](NC(=O)OC)C(C)C)N=C4)ccc32)C=N1)C(C)C. The van der Waals surface area contributed by atoms with Crippen molar-refractivity contribution in [3.05, 3.63) is 89.5 Å². The maximum atomic E-state index is 13.8. The van der Waals surface area contributed by atoms with Crippen LogP contribution in [0.1, 0.15) is 82.3 Å². The van der Waals surface area contributed by atoms with Gasteiger partial charge in [0, 0.05) is 47.6 Å². The third-order valence-corrected chi connectivity index (χ3v) is 13.1. The summed E-state index contributed by atoms with van der Waals surface area (Å²) in [6, 6.07) is 22.5. The number of methoxy groups -OCH3 is 2. The van der Waals surface area contributed by atoms with Crippen LogP contribution in [0.2, 0.25) is 0 Å². The van der Waals surface area contributed by atoms with Gasteiger partial charge >= 0.3 is 12.2 Å². The van der Waals surface area contributed by atoms with Gasteiger partial charge < -0.3 is 39.2 Å². The third kappa shape index (κ3) is 8.25. The molecule has 4 aromatic rings. The molecule has 0 aliphatic carbocycles. The van der Waals surface area contributed by atoms with E-state index < -0.39 is 36.7 Å². The molecule has 0 bridgehead atoms. The lowest BCUT2D eigenvalue weighted by molar-refractivity contribution is -0.135. The lowest BCUT2D eigenvalue weighted by Crippen LogP contribution is -2.53. The van der Waals surface area contributed by atoms with Crippen molar-refractivity contribution in [3.63, 3.8) is 0 Å². The van der Waals surface area contributed by atoms with E-state index >= 15 is 0 Å². The van der Waals surface area contributed by atoms with E-state index in [-0.39, 0.29) is 41.8 Å². The van der Waals surface area contributed by atoms with Crippen molar-refractivity contribution in [2.75, 3.05) is 27.3 Å². The van der Waals surface area contributed by atoms with E-state index in [0.29, 0.717) is 18.9 Å². The monoisotopic (exact) mass is 881 g/mol. The molecule has 3 aromatic carbocycles. The summed E-state index contributed by atoms with van der Waals surface area (Å²) in [5.74, 6) is 0.735. The van der Waals surface area contributed by atoms with Crippen LogP contribution < -0.4 is 15.4 Å². The number of benzene rings is 3. The molecule has 0 saturated carbocycles. The Kier molecular flexibility index (Phi) is 12.0. The highest BCUT2D eigenvalue weighted by Gasteiger charge is 2.41. The maximum Gasteiger partial charge on any atom is 0.407 e. The molecular formula is C49H55N9O7. The number of aliphatic imine (C=N–C) groups is 4. The number of alkyl carbamates (subject to hydrolysis) is 2. The third-order valence-electron chi connectivity index (χ3n) is 13.1. The zero-order chi connectivity index (χ0) is 45.5. The minimum absolute atomic E-state index is 0.129. The van der Waals surface area contributed by atoms with Gasteiger partial charge in [0.05, 0.1) is 43.2 Å². The number of carbonyl (C=O) groups excluding carboxylic acids is 4. The standard InChI is InChI=1S/C49H55N9O7/c1-27(2)41(54-48(61)63-5)45(59)56-20-10-14-37(56)43-50-25-34(52-43)30-17-19-36-32(22-30)23-39-33-18-16-31(24-40(33)65-47(58(36)39)29-12-8-7-9-13-29)35-26-51-44(53-35)38-15-11-21-57(38)46(60)42(28(3)4)55-49(62)64-6/h7-9,12-13,16-19,22-28,35,37-38,41-43,47H,10-11,14-15,20-21H2,1-6H3,(H,54,61)(H,55,62)/t35?,37-,38-,41-,42-,43?,47-/m0/s1. The Bertz CT molecular complexity index is 2640. The number of carbonyl (C=O) groups is 4. The molecule has 2 saturated heterocycles. The van der Waals surface area contributed by atoms with Gasteiger partial charge in [0.2, 0.25) is 18.0 Å². The van der Waals surface area contributed by atoms with Crippen molar-refractivity contribution in [1.82, 2.24) is 25.0 Å². The molecular weight excluding hydrogens is 827 g/mol. The highest BCUT2D eigenvalue weighted by Crippen LogP contribution is 2.45. The molecule has 65 heavy (non-hydrogen) atoms. The first-order valence-corrected chi connectivity index (χ1v) is 22.5. The van der Waals surface area contributed by atoms with Crippen molar-refractivity contribution >= 4 is 58.9 Å². The first-order chi connectivity index (χ1) is 31.4. The average molecular weight is 882 g/mol. The molecule has 6 heterocycles. The quantitative estimate of drug-likeness (QED) is 0.168. The largest absolute Gasteiger partial charge is 0.465 e. The summed E-state index contributed by atoms with van der Waals surface area (Å²) in [7, 11) is 2.58. The van der Waals surface area contributed by atoms with Gasteiger partial charge in [-0.1, -0.05) is 70.2 Å². The number of nitrogens with zero attached hydrogens (tertiary/aromatic N) is 7. The summed E-state index contributed by atoms with van der Waals surface area (Å²) in [5.41, 5.74) is 6.51. The molecule has 9 rings (SSSR count). The van der Waals surface area contributed by atoms with E-state index in [4.69, 9.17) is 34.2 Å². The first kappa shape index (κ1) is 43.4. The number of aromatic nitrogens is 1. The summed E-state index contributed by atoms with van der Waals surface area (Å²) in [4.78, 5) is 75.0. The Morgan fingerprint density at radius 2 is 1.46 bits per heavy atom. The van der Waals surface area contributed by atoms with E-state index in [1.807, 2.05) is 63.1 Å². The molecule has 1 aromatic heterocycles. The smallest absolute Gasteiger partial charge is 0.407 e. The topological polar surface area (TPSA) is 181 Å². The molecule has 16 heteroatoms. The number of fused-ring (bicyclic) bond motifs is 5. The predicted octanol–water partition coefficient (Wildman–Crippen LogP) is 6.71. The summed E-state index contributed by atoms with van der Waals surface area (Å²) in [6.07, 6.45) is 4.58. The van der Waals surface area contributed by atoms with Crippen LogP contribution in [0.15, 0.2) is 92.8 Å². The van der Waals surface area contributed by atoms with Gasteiger partial charge in [-0.15, -0.1) is 0 Å². The lowest BCUT2D eigenvalue weighted by atomic mass is 10.0. The molecule has 16 nitrogen and oxygen atoms in total. The molecule has 7 atom stereocenters. The van der Waals surface area contributed by atoms with Crippen LogP contribution in [-0.2, 0) is 19.1 Å². The van der Waals surface area contributed by atoms with Crippen LogP contribution >= 0.6 is 0 Å². The summed E-state index contributed by atoms with van der Waals surface area (Å²) < 4.78 is 18.8. The van der Waals surface area contributed by atoms with Crippen molar-refractivity contribution < 1.29 is 33.4 Å². The number of nitrogens with one attached hydrogen (secondary N) is 2. The van der Waals surface area contributed by atoms with Gasteiger partial charge in [0.15, 0.2) is 6.17 Å². The van der Waals surface area contributed by atoms with E-state index in [2.05, 4.69) is 63.7 Å². The number of amidine groups is 1. The van der Waals surface area contributed by atoms with Crippen molar-refractivity contribution in [2.24, 2.45) is 31.8 Å². The predicted molar refractivity (Wildman–Crippen MR) is 248 cm³/mol. The Balaban J connectivity index is 0.983. The van der Waals surface area contributed by atoms with E-state index in [0.717, 1.165) is 76.0 Å². The Hall–Kier alpha value is -6.84. The van der Waals surface area contributed by atoms with Crippen LogP contribution in [0, 0.1) is 11.8 Å². The minimum atomic E-state index is -0.727. The molecule has 0 radical (unpaired) electrons. The van der Waals surface area contributed by atoms with Crippen molar-refractivity contribution in [2.45, 2.75) is 96.0 Å². The summed E-state index contributed by atoms with van der Waals surface area (Å²) in [6.45, 7) is 8.72. The molecule has 2 fully saturated rings. The number of hydrogen-bond donors (Lipinski definition) is 2. The number of ether oxygens (including phenoxy) is 3. The summed E-state index contributed by atoms with van der Waals surface area (Å²) in [5, 5.41) is 6.44. The summed E-state index contributed by atoms with van der Waals surface area (Å²) >= 11 is 0. The fraction of sp³-hybridized carbons (Fsp3) is 0.429. The molecule has 2 N–H and O–H groups in total. The minimum Gasteiger partial charge on any atom is -0.465 e. The second-order valence-electron chi connectivity index (χ2n) is 17.9. The van der Waals surface area contributed by atoms with E-state index in [9.17, 15) is 19.2 Å². The Morgan fingerprint density at radius 1 is 0.769 bits per heavy atom. The van der Waals surface area contributed by atoms with E-state index in [1.54, 1.807) is 11.1 Å². The fourth-order valence-corrected chi connectivity index (χ4v) is 9.71. The number of likely N-dealkylation sites (tertiary alicyclic amines) is 2. The van der Waals surface area contributed by atoms with Gasteiger partial charge in [0.1, 0.15) is 29.7 Å². The van der Waals surface area contributed by atoms with Gasteiger partial charge in [-0.2, -0.15) is 0 Å². The number of hydrogen-bond acceptors (Lipinski definition) is 11. The molecule has 5 aliphatic rings. The molecule has 0 spiro atoms. The number of rotatable bonds is 11. The van der Waals surface area contributed by atoms with Gasteiger partial charge in [-0.05, 0) is 73.4 Å². The van der Waals surface area contributed by atoms with Gasteiger partial charge in [-0.25, -0.2) is 14.6 Å². The fourth-order valence-electron chi connectivity index (χ4n) is 9.71. The van der Waals surface area contributed by atoms with Gasteiger partial charge in [-0.3, -0.25) is 24.6 Å². The Labute approximate surface area is 377 Å². The molecule has 338 valence electrons. The average Bonchev–Trinajstić information content (AvgIpc) is 4.18. The van der Waals surface area contributed by atoms with Crippen molar-refractivity contribution in [3.8, 4) is 17.0 Å². The lowest BCUT2D eigenvalue weighted by Gasteiger charge is -2.31. The van der Waals surface area contributed by atoms with Crippen molar-refractivity contribution in [1.29, 1.82) is 0 Å². The highest BCUT2D eigenvalue weighted by molar-refractivity contribution is 6.39.